The first-order valence-electron chi connectivity index (χ1n) is 12.0. The van der Waals surface area contributed by atoms with Gasteiger partial charge in [-0.1, -0.05) is 22.6 Å². The fourth-order valence-electron chi connectivity index (χ4n) is 4.95. The molecule has 1 amide bonds. The Bertz CT molecular complexity index is 1500. The Morgan fingerprint density at radius 2 is 1.80 bits per heavy atom. The summed E-state index contributed by atoms with van der Waals surface area (Å²) in [5.74, 6) is 1.36. The molecule has 0 aliphatic carbocycles. The van der Waals surface area contributed by atoms with Crippen molar-refractivity contribution in [3.05, 3.63) is 66.2 Å². The molecule has 3 aromatic heterocycles. The van der Waals surface area contributed by atoms with Gasteiger partial charge in [0.05, 0.1) is 11.0 Å². The maximum atomic E-state index is 13.2. The number of carbonyl (C=O) groups excluding carboxylic acids is 1. The summed E-state index contributed by atoms with van der Waals surface area (Å²) in [7, 11) is 0. The van der Waals surface area contributed by atoms with Gasteiger partial charge in [0.25, 0.3) is 5.91 Å². The minimum atomic E-state index is 0.0434. The summed E-state index contributed by atoms with van der Waals surface area (Å²) in [6.45, 7) is 6.08. The van der Waals surface area contributed by atoms with E-state index >= 15 is 0 Å². The Labute approximate surface area is 202 Å². The Balaban J connectivity index is 1.14. The normalized spacial score (nSPS) is 15.0. The first-order valence-corrected chi connectivity index (χ1v) is 12.0. The maximum absolute atomic E-state index is 13.2. The number of imidazole rings is 1. The topological polar surface area (TPSA) is 99.6 Å². The van der Waals surface area contributed by atoms with Crippen LogP contribution in [0.25, 0.3) is 22.1 Å². The quantitative estimate of drug-likeness (QED) is 0.391. The molecule has 5 aromatic rings. The van der Waals surface area contributed by atoms with Crippen LogP contribution in [0.4, 0.5) is 0 Å². The molecule has 10 nitrogen and oxygen atoms in total. The van der Waals surface area contributed by atoms with E-state index in [1.54, 1.807) is 0 Å². The molecule has 6 rings (SSSR count). The van der Waals surface area contributed by atoms with Gasteiger partial charge in [-0.25, -0.2) is 14.3 Å². The van der Waals surface area contributed by atoms with E-state index < -0.39 is 0 Å². The zero-order chi connectivity index (χ0) is 23.9. The largest absolute Gasteiger partial charge is 0.339 e. The van der Waals surface area contributed by atoms with E-state index in [0.29, 0.717) is 25.3 Å². The van der Waals surface area contributed by atoms with Gasteiger partial charge in [-0.3, -0.25) is 4.79 Å². The number of hydrogen-bond acceptors (Lipinski definition) is 6. The molecular formula is C25H27N9O. The van der Waals surface area contributed by atoms with Gasteiger partial charge in [0, 0.05) is 43.0 Å². The Hall–Kier alpha value is -4.08. The number of aromatic nitrogens is 8. The number of hydrogen-bond donors (Lipinski definition) is 0. The molecule has 1 saturated heterocycles. The molecule has 0 saturated carbocycles. The molecule has 178 valence electrons. The van der Waals surface area contributed by atoms with Crippen molar-refractivity contribution in [3.8, 4) is 0 Å². The summed E-state index contributed by atoms with van der Waals surface area (Å²) in [4.78, 5) is 19.8. The number of carbonyl (C=O) groups is 1. The number of rotatable bonds is 5. The molecule has 1 fully saturated rings. The van der Waals surface area contributed by atoms with E-state index in [9.17, 15) is 4.79 Å². The number of fused-ring (bicyclic) bond motifs is 2. The second kappa shape index (κ2) is 8.61. The van der Waals surface area contributed by atoms with Gasteiger partial charge in [-0.05, 0) is 57.0 Å². The highest BCUT2D eigenvalue weighted by atomic mass is 16.2. The molecule has 0 atom stereocenters. The van der Waals surface area contributed by atoms with Gasteiger partial charge in [0.15, 0.2) is 0 Å². The van der Waals surface area contributed by atoms with Gasteiger partial charge < -0.3 is 9.47 Å². The predicted molar refractivity (Wildman–Crippen MR) is 131 cm³/mol. The van der Waals surface area contributed by atoms with E-state index in [4.69, 9.17) is 0 Å². The zero-order valence-corrected chi connectivity index (χ0v) is 19.8. The molecule has 1 aliphatic rings. The van der Waals surface area contributed by atoms with Crippen molar-refractivity contribution in [2.45, 2.75) is 45.3 Å². The Morgan fingerprint density at radius 1 is 1.00 bits per heavy atom. The van der Waals surface area contributed by atoms with Crippen molar-refractivity contribution in [2.75, 3.05) is 13.1 Å². The second-order valence-electron chi connectivity index (χ2n) is 9.37. The van der Waals surface area contributed by atoms with E-state index in [1.807, 2.05) is 69.1 Å². The smallest absolute Gasteiger partial charge is 0.253 e. The van der Waals surface area contributed by atoms with Crippen molar-refractivity contribution < 1.29 is 4.79 Å². The lowest BCUT2D eigenvalue weighted by atomic mass is 9.95. The van der Waals surface area contributed by atoms with Crippen LogP contribution in [0.5, 0.6) is 0 Å². The van der Waals surface area contributed by atoms with E-state index in [0.717, 1.165) is 40.7 Å². The van der Waals surface area contributed by atoms with Crippen LogP contribution in [-0.2, 0) is 6.67 Å². The number of likely N-dealkylation sites (tertiary alicyclic amines) is 1. The van der Waals surface area contributed by atoms with Crippen molar-refractivity contribution in [1.29, 1.82) is 0 Å². The van der Waals surface area contributed by atoms with E-state index in [-0.39, 0.29) is 17.9 Å². The summed E-state index contributed by atoms with van der Waals surface area (Å²) in [5, 5.41) is 17.0. The number of nitrogens with zero attached hydrogens (tertiary/aromatic N) is 9. The molecule has 4 heterocycles. The van der Waals surface area contributed by atoms with Gasteiger partial charge in [-0.2, -0.15) is 0 Å². The van der Waals surface area contributed by atoms with E-state index in [1.165, 1.54) is 0 Å². The van der Waals surface area contributed by atoms with E-state index in [2.05, 4.69) is 44.0 Å². The number of benzene rings is 2. The summed E-state index contributed by atoms with van der Waals surface area (Å²) >= 11 is 0. The lowest BCUT2D eigenvalue weighted by Gasteiger charge is -2.32. The molecule has 0 spiro atoms. The summed E-state index contributed by atoms with van der Waals surface area (Å²) in [6.07, 6.45) is 5.56. The predicted octanol–water partition coefficient (Wildman–Crippen LogP) is 3.48. The van der Waals surface area contributed by atoms with Gasteiger partial charge in [-0.15, -0.1) is 10.2 Å². The van der Waals surface area contributed by atoms with Crippen LogP contribution in [0.1, 0.15) is 54.8 Å². The van der Waals surface area contributed by atoms with Crippen molar-refractivity contribution in [2.24, 2.45) is 0 Å². The first-order chi connectivity index (χ1) is 17.1. The number of amides is 1. The van der Waals surface area contributed by atoms with Crippen molar-refractivity contribution in [1.82, 2.24) is 44.4 Å². The van der Waals surface area contributed by atoms with Gasteiger partial charge in [0.1, 0.15) is 23.5 Å². The average Bonchev–Trinajstić information content (AvgIpc) is 3.62. The Morgan fingerprint density at radius 3 is 2.63 bits per heavy atom. The van der Waals surface area contributed by atoms with Crippen LogP contribution >= 0.6 is 0 Å². The molecule has 0 radical (unpaired) electrons. The summed E-state index contributed by atoms with van der Waals surface area (Å²) in [5.41, 5.74) is 4.24. The molecule has 2 aromatic carbocycles. The number of para-hydroxylation sites is 1. The van der Waals surface area contributed by atoms with Crippen LogP contribution in [-0.4, -0.2) is 63.4 Å². The third-order valence-corrected chi connectivity index (χ3v) is 6.81. The highest BCUT2D eigenvalue weighted by Crippen LogP contribution is 2.28. The first kappa shape index (κ1) is 21.5. The van der Waals surface area contributed by atoms with Crippen molar-refractivity contribution >= 4 is 28.0 Å². The second-order valence-corrected chi connectivity index (χ2v) is 9.37. The zero-order valence-electron chi connectivity index (χ0n) is 19.8. The third-order valence-electron chi connectivity index (χ3n) is 6.81. The molecule has 35 heavy (non-hydrogen) atoms. The maximum Gasteiger partial charge on any atom is 0.253 e. The molecule has 0 bridgehead atoms. The molecule has 1 aliphatic heterocycles. The van der Waals surface area contributed by atoms with Crippen LogP contribution in [0.2, 0.25) is 0 Å². The average molecular weight is 470 g/mol. The summed E-state index contributed by atoms with van der Waals surface area (Å²) in [6, 6.07) is 13.8. The highest BCUT2D eigenvalue weighted by Gasteiger charge is 2.27. The van der Waals surface area contributed by atoms with Crippen LogP contribution in [0.3, 0.4) is 0 Å². The lowest BCUT2D eigenvalue weighted by molar-refractivity contribution is 0.0710. The van der Waals surface area contributed by atoms with Crippen LogP contribution in [0, 0.1) is 0 Å². The summed E-state index contributed by atoms with van der Waals surface area (Å²) < 4.78 is 5.90. The Kier molecular flexibility index (Phi) is 5.28. The minimum absolute atomic E-state index is 0.0434. The SMILES string of the molecule is CC(C)n1nnc2cc(C(=O)N3CCC(c4nccn4Cn4nnc5ccccc54)CC3)ccc21. The molecule has 0 N–H and O–H groups in total. The fraction of sp³-hybridized carbons (Fsp3) is 0.360. The van der Waals surface area contributed by atoms with Gasteiger partial charge >= 0.3 is 0 Å². The third kappa shape index (κ3) is 3.84. The fourth-order valence-corrected chi connectivity index (χ4v) is 4.95. The van der Waals surface area contributed by atoms with Crippen LogP contribution < -0.4 is 0 Å². The molecular weight excluding hydrogens is 442 g/mol. The van der Waals surface area contributed by atoms with Crippen LogP contribution in [0.15, 0.2) is 54.9 Å². The highest BCUT2D eigenvalue weighted by molar-refractivity contribution is 5.97. The van der Waals surface area contributed by atoms with Gasteiger partial charge in [0.2, 0.25) is 0 Å². The molecule has 0 unspecified atom stereocenters. The number of piperidine rings is 1. The minimum Gasteiger partial charge on any atom is -0.339 e. The molecule has 10 heteroatoms. The van der Waals surface area contributed by atoms with Crippen molar-refractivity contribution in [3.63, 3.8) is 0 Å². The lowest BCUT2D eigenvalue weighted by Crippen LogP contribution is -2.38. The monoisotopic (exact) mass is 469 g/mol. The standard InChI is InChI=1S/C25H27N9O/c1-17(2)34-23-8-7-19(15-21(23)28-30-34)25(35)31-12-9-18(10-13-31)24-26-11-14-32(24)16-33-22-6-4-3-5-20(22)27-29-33/h3-8,11,14-15,17-18H,9-10,12-13,16H2,1-2H3.